The Bertz CT molecular complexity index is 774. The lowest BCUT2D eigenvalue weighted by molar-refractivity contribution is 0.306. The van der Waals surface area contributed by atoms with Gasteiger partial charge >= 0.3 is 0 Å². The van der Waals surface area contributed by atoms with Crippen LogP contribution in [-0.2, 0) is 10.8 Å². The summed E-state index contributed by atoms with van der Waals surface area (Å²) < 4.78 is 10.9. The molecule has 0 bridgehead atoms. The number of nitrogen functional groups attached to an aromatic ring is 1. The minimum atomic E-state index is 0.438. The number of aromatic amines is 1. The highest BCUT2D eigenvalue weighted by Gasteiger charge is 2.07. The van der Waals surface area contributed by atoms with Crippen molar-refractivity contribution >= 4 is 17.9 Å². The summed E-state index contributed by atoms with van der Waals surface area (Å²) in [5, 5.41) is 10.3. The molecule has 0 radical (unpaired) electrons. The predicted molar refractivity (Wildman–Crippen MR) is 89.9 cm³/mol. The van der Waals surface area contributed by atoms with E-state index in [4.69, 9.17) is 14.7 Å². The molecule has 1 aromatic heterocycles. The zero-order valence-electron chi connectivity index (χ0n) is 12.5. The summed E-state index contributed by atoms with van der Waals surface area (Å²) in [6, 6.07) is 15.6. The van der Waals surface area contributed by atoms with Gasteiger partial charge in [-0.3, -0.25) is 0 Å². The predicted octanol–water partition coefficient (Wildman–Crippen LogP) is 3.29. The molecule has 0 spiro atoms. The van der Waals surface area contributed by atoms with Crippen LogP contribution in [0.2, 0.25) is 0 Å². The van der Waals surface area contributed by atoms with Crippen molar-refractivity contribution in [3.05, 3.63) is 54.1 Å². The molecule has 3 rings (SSSR count). The summed E-state index contributed by atoms with van der Waals surface area (Å²) in [6.45, 7) is 0.482. The van der Waals surface area contributed by atoms with Crippen molar-refractivity contribution in [2.45, 2.75) is 11.5 Å². The second-order valence-corrected chi connectivity index (χ2v) is 5.76. The van der Waals surface area contributed by atoms with Crippen LogP contribution in [0.4, 0.5) is 5.82 Å². The van der Waals surface area contributed by atoms with Gasteiger partial charge in [-0.1, -0.05) is 29.5 Å². The highest BCUT2D eigenvalue weighted by atomic mass is 32.2. The smallest absolute Gasteiger partial charge is 0.147 e. The Morgan fingerprint density at radius 2 is 2.00 bits per heavy atom. The number of aromatic nitrogens is 3. The summed E-state index contributed by atoms with van der Waals surface area (Å²) in [5.74, 6) is 1.19. The molecular formula is C16H16N4O2S. The number of anilines is 1. The van der Waals surface area contributed by atoms with Gasteiger partial charge < -0.3 is 14.7 Å². The van der Waals surface area contributed by atoms with Gasteiger partial charge in [-0.05, 0) is 29.8 Å². The molecule has 0 aliphatic carbocycles. The van der Waals surface area contributed by atoms with Crippen LogP contribution >= 0.6 is 12.0 Å². The van der Waals surface area contributed by atoms with Gasteiger partial charge in [0, 0.05) is 22.5 Å². The van der Waals surface area contributed by atoms with Gasteiger partial charge in [0.05, 0.1) is 7.11 Å². The number of nitrogens with one attached hydrogen (secondary N) is 1. The van der Waals surface area contributed by atoms with Crippen molar-refractivity contribution in [1.29, 1.82) is 0 Å². The molecule has 3 N–H and O–H groups in total. The standard InChI is InChI=1S/C16H16N4O2S/c1-21-23-14-7-5-11(6-8-14)10-22-13-4-2-3-12(9-13)15-16(17)19-20-18-15/h2-9H,10H2,1H3,(H3,17,18,19,20). The number of nitrogens with zero attached hydrogens (tertiary/aromatic N) is 2. The fourth-order valence-corrected chi connectivity index (χ4v) is 2.53. The third kappa shape index (κ3) is 3.82. The Balaban J connectivity index is 1.68. The maximum Gasteiger partial charge on any atom is 0.147 e. The van der Waals surface area contributed by atoms with Crippen molar-refractivity contribution in [3.8, 4) is 17.0 Å². The Morgan fingerprint density at radius 1 is 1.17 bits per heavy atom. The number of hydrogen-bond acceptors (Lipinski definition) is 6. The van der Waals surface area contributed by atoms with Crippen LogP contribution in [-0.4, -0.2) is 22.5 Å². The highest BCUT2D eigenvalue weighted by molar-refractivity contribution is 7.94. The van der Waals surface area contributed by atoms with Gasteiger partial charge in [-0.15, -0.1) is 5.10 Å². The number of ether oxygens (including phenoxy) is 1. The first-order valence-electron chi connectivity index (χ1n) is 6.95. The monoisotopic (exact) mass is 328 g/mol. The van der Waals surface area contributed by atoms with E-state index in [1.165, 1.54) is 12.0 Å². The van der Waals surface area contributed by atoms with Crippen molar-refractivity contribution in [3.63, 3.8) is 0 Å². The van der Waals surface area contributed by atoms with Crippen molar-refractivity contribution in [1.82, 2.24) is 15.4 Å². The van der Waals surface area contributed by atoms with Gasteiger partial charge in [0.25, 0.3) is 0 Å². The molecule has 118 valence electrons. The summed E-state index contributed by atoms with van der Waals surface area (Å²) in [4.78, 5) is 1.06. The van der Waals surface area contributed by atoms with Crippen molar-refractivity contribution in [2.75, 3.05) is 12.8 Å². The Hall–Kier alpha value is -2.51. The van der Waals surface area contributed by atoms with E-state index in [9.17, 15) is 0 Å². The van der Waals surface area contributed by atoms with Crippen molar-refractivity contribution < 1.29 is 8.92 Å². The molecule has 0 aliphatic heterocycles. The van der Waals surface area contributed by atoms with E-state index in [-0.39, 0.29) is 0 Å². The molecule has 23 heavy (non-hydrogen) atoms. The lowest BCUT2D eigenvalue weighted by Crippen LogP contribution is -1.96. The van der Waals surface area contributed by atoms with Gasteiger partial charge in [0.1, 0.15) is 23.9 Å². The molecule has 2 aromatic carbocycles. The van der Waals surface area contributed by atoms with Crippen LogP contribution in [0.1, 0.15) is 5.56 Å². The molecule has 0 unspecified atom stereocenters. The summed E-state index contributed by atoms with van der Waals surface area (Å²) >= 11 is 1.33. The van der Waals surface area contributed by atoms with Crippen LogP contribution in [0.3, 0.4) is 0 Å². The molecule has 0 fully saturated rings. The molecule has 0 saturated heterocycles. The summed E-state index contributed by atoms with van der Waals surface area (Å²) in [6.07, 6.45) is 0. The Kier molecular flexibility index (Phi) is 4.80. The van der Waals surface area contributed by atoms with Crippen LogP contribution < -0.4 is 10.5 Å². The van der Waals surface area contributed by atoms with E-state index in [2.05, 4.69) is 15.4 Å². The molecule has 3 aromatic rings. The fourth-order valence-electron chi connectivity index (χ4n) is 2.09. The van der Waals surface area contributed by atoms with Gasteiger partial charge in [-0.25, -0.2) is 5.10 Å². The fraction of sp³-hybridized carbons (Fsp3) is 0.125. The minimum absolute atomic E-state index is 0.438. The molecule has 0 aliphatic rings. The Labute approximate surface area is 138 Å². The maximum atomic E-state index is 5.83. The zero-order chi connectivity index (χ0) is 16.1. The van der Waals surface area contributed by atoms with E-state index >= 15 is 0 Å². The van der Waals surface area contributed by atoms with E-state index in [1.54, 1.807) is 7.11 Å². The second-order valence-electron chi connectivity index (χ2n) is 4.78. The van der Waals surface area contributed by atoms with Gasteiger partial charge in [-0.2, -0.15) is 0 Å². The molecule has 1 heterocycles. The lowest BCUT2D eigenvalue weighted by atomic mass is 10.1. The van der Waals surface area contributed by atoms with E-state index in [1.807, 2.05) is 48.5 Å². The Morgan fingerprint density at radius 3 is 2.70 bits per heavy atom. The number of hydrogen-bond donors (Lipinski definition) is 2. The zero-order valence-corrected chi connectivity index (χ0v) is 13.3. The summed E-state index contributed by atoms with van der Waals surface area (Å²) in [7, 11) is 1.65. The van der Waals surface area contributed by atoms with Crippen LogP contribution in [0.5, 0.6) is 5.75 Å². The third-order valence-electron chi connectivity index (χ3n) is 3.19. The topological polar surface area (TPSA) is 86.0 Å². The molecule has 6 nitrogen and oxygen atoms in total. The van der Waals surface area contributed by atoms with Crippen LogP contribution in [0, 0.1) is 0 Å². The highest BCUT2D eigenvalue weighted by Crippen LogP contribution is 2.26. The number of nitrogens with two attached hydrogens (primary N) is 1. The van der Waals surface area contributed by atoms with E-state index in [0.29, 0.717) is 18.1 Å². The number of H-pyrrole nitrogens is 1. The quantitative estimate of drug-likeness (QED) is 0.675. The first kappa shape index (κ1) is 15.4. The minimum Gasteiger partial charge on any atom is -0.489 e. The number of benzene rings is 2. The molecule has 7 heteroatoms. The summed E-state index contributed by atoms with van der Waals surface area (Å²) in [5.41, 5.74) is 8.36. The first-order chi connectivity index (χ1) is 11.3. The first-order valence-corrected chi connectivity index (χ1v) is 7.70. The van der Waals surface area contributed by atoms with Crippen molar-refractivity contribution in [2.24, 2.45) is 0 Å². The number of rotatable bonds is 6. The maximum absolute atomic E-state index is 5.83. The van der Waals surface area contributed by atoms with E-state index < -0.39 is 0 Å². The van der Waals surface area contributed by atoms with Crippen LogP contribution in [0.15, 0.2) is 53.4 Å². The van der Waals surface area contributed by atoms with E-state index in [0.717, 1.165) is 21.8 Å². The van der Waals surface area contributed by atoms with Gasteiger partial charge in [0.2, 0.25) is 0 Å². The lowest BCUT2D eigenvalue weighted by Gasteiger charge is -2.08. The molecule has 0 saturated carbocycles. The van der Waals surface area contributed by atoms with Crippen LogP contribution in [0.25, 0.3) is 11.3 Å². The largest absolute Gasteiger partial charge is 0.489 e. The SMILES string of the molecule is COSc1ccc(COc2cccc(-c3nn[nH]c3N)c2)cc1. The molecule has 0 amide bonds. The normalized spacial score (nSPS) is 10.7. The molecular weight excluding hydrogens is 312 g/mol. The van der Waals surface area contributed by atoms with Gasteiger partial charge in [0.15, 0.2) is 0 Å². The second kappa shape index (κ2) is 7.17. The average molecular weight is 328 g/mol. The average Bonchev–Trinajstić information content (AvgIpc) is 3.01. The third-order valence-corrected chi connectivity index (χ3v) is 3.82. The molecule has 0 atom stereocenters.